The molecule has 3 amide bonds. The van der Waals surface area contributed by atoms with E-state index >= 15 is 0 Å². The number of benzene rings is 2. The largest absolute Gasteiger partial charge is 0.312 e. The lowest BCUT2D eigenvalue weighted by molar-refractivity contribution is -0.132. The van der Waals surface area contributed by atoms with Gasteiger partial charge in [0.15, 0.2) is 0 Å². The van der Waals surface area contributed by atoms with Gasteiger partial charge in [0, 0.05) is 29.7 Å². The van der Waals surface area contributed by atoms with Gasteiger partial charge in [0.1, 0.15) is 6.04 Å². The summed E-state index contributed by atoms with van der Waals surface area (Å²) in [5, 5.41) is 0.576. The molecule has 0 spiro atoms. The number of nitrogens with zero attached hydrogens (tertiary/aromatic N) is 1. The Morgan fingerprint density at radius 3 is 2.40 bits per heavy atom. The van der Waals surface area contributed by atoms with Crippen molar-refractivity contribution >= 4 is 35.0 Å². The van der Waals surface area contributed by atoms with Crippen LogP contribution < -0.4 is 26.6 Å². The van der Waals surface area contributed by atoms with Gasteiger partial charge in [0.2, 0.25) is 11.8 Å². The molecule has 0 aromatic heterocycles. The molecule has 0 radical (unpaired) electrons. The van der Waals surface area contributed by atoms with Crippen LogP contribution in [0, 0.1) is 5.92 Å². The molecule has 2 aliphatic heterocycles. The molecule has 0 aliphatic carbocycles. The summed E-state index contributed by atoms with van der Waals surface area (Å²) in [4.78, 5) is 38.7. The number of hydrogen-bond acceptors (Lipinski definition) is 5. The summed E-state index contributed by atoms with van der Waals surface area (Å²) in [5.74, 6) is -1.41. The van der Waals surface area contributed by atoms with Crippen LogP contribution >= 0.6 is 11.6 Å². The Morgan fingerprint density at radius 1 is 0.967 bits per heavy atom. The SMILES string of the molecule is O=C(NNC(=O)C1CC(c2ccccc2)NN1)C1CC(=O)N(c2ccc(Cl)cc2)C1. The van der Waals surface area contributed by atoms with E-state index in [9.17, 15) is 14.4 Å². The second-order valence-electron chi connectivity index (χ2n) is 7.40. The minimum Gasteiger partial charge on any atom is -0.312 e. The third-order valence-electron chi connectivity index (χ3n) is 5.36. The third kappa shape index (κ3) is 4.46. The van der Waals surface area contributed by atoms with Crippen molar-refractivity contribution in [3.8, 4) is 0 Å². The Balaban J connectivity index is 1.27. The summed E-state index contributed by atoms with van der Waals surface area (Å²) in [6.07, 6.45) is 0.640. The number of hydrogen-bond donors (Lipinski definition) is 4. The van der Waals surface area contributed by atoms with Gasteiger partial charge in [-0.2, -0.15) is 0 Å². The van der Waals surface area contributed by atoms with Gasteiger partial charge in [0.05, 0.1) is 5.92 Å². The van der Waals surface area contributed by atoms with E-state index < -0.39 is 17.9 Å². The van der Waals surface area contributed by atoms with Crippen molar-refractivity contribution in [3.63, 3.8) is 0 Å². The minimum absolute atomic E-state index is 0.0121. The first kappa shape index (κ1) is 20.3. The van der Waals surface area contributed by atoms with Gasteiger partial charge in [-0.15, -0.1) is 0 Å². The lowest BCUT2D eigenvalue weighted by Crippen LogP contribution is -2.51. The molecule has 2 fully saturated rings. The number of rotatable bonds is 4. The van der Waals surface area contributed by atoms with E-state index in [0.717, 1.165) is 5.56 Å². The molecule has 3 unspecified atom stereocenters. The number of amides is 3. The normalized spacial score (nSPS) is 23.4. The van der Waals surface area contributed by atoms with Crippen molar-refractivity contribution in [2.45, 2.75) is 24.9 Å². The molecular weight excluding hydrogens is 406 g/mol. The molecule has 2 aromatic rings. The van der Waals surface area contributed by atoms with E-state index in [1.807, 2.05) is 30.3 Å². The predicted molar refractivity (Wildman–Crippen MR) is 112 cm³/mol. The van der Waals surface area contributed by atoms with E-state index in [1.54, 1.807) is 29.2 Å². The first-order valence-electron chi connectivity index (χ1n) is 9.73. The fourth-order valence-corrected chi connectivity index (χ4v) is 3.82. The van der Waals surface area contributed by atoms with Crippen molar-refractivity contribution in [2.24, 2.45) is 5.92 Å². The van der Waals surface area contributed by atoms with Crippen LogP contribution in [0.25, 0.3) is 0 Å². The van der Waals surface area contributed by atoms with E-state index in [4.69, 9.17) is 11.6 Å². The Labute approximate surface area is 178 Å². The first-order chi connectivity index (χ1) is 14.5. The van der Waals surface area contributed by atoms with Gasteiger partial charge in [-0.1, -0.05) is 41.9 Å². The average Bonchev–Trinajstić information content (AvgIpc) is 3.40. The van der Waals surface area contributed by atoms with Gasteiger partial charge >= 0.3 is 0 Å². The maximum atomic E-state index is 12.5. The lowest BCUT2D eigenvalue weighted by atomic mass is 10.0. The van der Waals surface area contributed by atoms with E-state index in [2.05, 4.69) is 21.7 Å². The molecule has 2 heterocycles. The fourth-order valence-electron chi connectivity index (χ4n) is 3.70. The van der Waals surface area contributed by atoms with Crippen LogP contribution in [0.2, 0.25) is 5.02 Å². The van der Waals surface area contributed by atoms with Gasteiger partial charge in [0.25, 0.3) is 5.91 Å². The molecule has 156 valence electrons. The van der Waals surface area contributed by atoms with Crippen LogP contribution in [-0.2, 0) is 14.4 Å². The zero-order valence-corrected chi connectivity index (χ0v) is 16.9. The first-order valence-corrected chi connectivity index (χ1v) is 10.1. The van der Waals surface area contributed by atoms with Gasteiger partial charge in [-0.25, -0.2) is 10.9 Å². The minimum atomic E-state index is -0.541. The summed E-state index contributed by atoms with van der Waals surface area (Å²) in [7, 11) is 0. The van der Waals surface area contributed by atoms with Crippen molar-refractivity contribution in [1.29, 1.82) is 0 Å². The average molecular weight is 428 g/mol. The van der Waals surface area contributed by atoms with Crippen molar-refractivity contribution in [2.75, 3.05) is 11.4 Å². The zero-order valence-electron chi connectivity index (χ0n) is 16.1. The summed E-state index contributed by atoms with van der Waals surface area (Å²) in [6.45, 7) is 0.251. The Kier molecular flexibility index (Phi) is 5.98. The number of halogens is 1. The quantitative estimate of drug-likeness (QED) is 0.553. The van der Waals surface area contributed by atoms with Gasteiger partial charge < -0.3 is 4.90 Å². The monoisotopic (exact) mass is 427 g/mol. The van der Waals surface area contributed by atoms with Crippen LogP contribution in [0.15, 0.2) is 54.6 Å². The fraction of sp³-hybridized carbons (Fsp3) is 0.286. The molecular formula is C21H22ClN5O3. The van der Waals surface area contributed by atoms with Crippen LogP contribution in [0.3, 0.4) is 0 Å². The van der Waals surface area contributed by atoms with Crippen LogP contribution in [0.5, 0.6) is 0 Å². The highest BCUT2D eigenvalue weighted by Gasteiger charge is 2.36. The van der Waals surface area contributed by atoms with Crippen LogP contribution in [0.1, 0.15) is 24.4 Å². The third-order valence-corrected chi connectivity index (χ3v) is 5.62. The molecule has 3 atom stereocenters. The van der Waals surface area contributed by atoms with Crippen molar-refractivity contribution in [1.82, 2.24) is 21.7 Å². The molecule has 2 aromatic carbocycles. The smallest absolute Gasteiger partial charge is 0.256 e. The Hall–Kier alpha value is -2.94. The highest BCUT2D eigenvalue weighted by atomic mass is 35.5. The van der Waals surface area contributed by atoms with Crippen molar-refractivity contribution in [3.05, 3.63) is 65.2 Å². The van der Waals surface area contributed by atoms with E-state index in [1.165, 1.54) is 0 Å². The second kappa shape index (κ2) is 8.83. The number of carbonyl (C=O) groups excluding carboxylic acids is 3. The Bertz CT molecular complexity index is 937. The van der Waals surface area contributed by atoms with Gasteiger partial charge in [-0.3, -0.25) is 25.2 Å². The highest BCUT2D eigenvalue weighted by Crippen LogP contribution is 2.26. The lowest BCUT2D eigenvalue weighted by Gasteiger charge is -2.17. The van der Waals surface area contributed by atoms with Crippen LogP contribution in [0.4, 0.5) is 5.69 Å². The number of carbonyl (C=O) groups is 3. The maximum Gasteiger partial charge on any atom is 0.256 e. The van der Waals surface area contributed by atoms with Crippen molar-refractivity contribution < 1.29 is 14.4 Å². The van der Waals surface area contributed by atoms with E-state index in [0.29, 0.717) is 17.1 Å². The van der Waals surface area contributed by atoms with Crippen LogP contribution in [-0.4, -0.2) is 30.3 Å². The molecule has 9 heteroatoms. The highest BCUT2D eigenvalue weighted by molar-refractivity contribution is 6.30. The van der Waals surface area contributed by atoms with Gasteiger partial charge in [-0.05, 0) is 36.2 Å². The molecule has 0 saturated carbocycles. The molecule has 2 saturated heterocycles. The second-order valence-corrected chi connectivity index (χ2v) is 7.84. The molecule has 4 N–H and O–H groups in total. The summed E-state index contributed by atoms with van der Waals surface area (Å²) in [5.41, 5.74) is 12.7. The Morgan fingerprint density at radius 2 is 1.67 bits per heavy atom. The molecule has 2 aliphatic rings. The number of anilines is 1. The number of nitrogens with one attached hydrogen (secondary N) is 4. The summed E-state index contributed by atoms with van der Waals surface area (Å²) in [6, 6.07) is 16.2. The molecule has 8 nitrogen and oxygen atoms in total. The zero-order chi connectivity index (χ0) is 21.1. The molecule has 0 bridgehead atoms. The standard InChI is InChI=1S/C21H22ClN5O3/c22-15-6-8-16(9-7-15)27-12-14(10-19(27)28)20(29)25-26-21(30)18-11-17(23-24-18)13-4-2-1-3-5-13/h1-9,14,17-18,23-24H,10-12H2,(H,25,29)(H,26,30). The topological polar surface area (TPSA) is 103 Å². The molecule has 30 heavy (non-hydrogen) atoms. The summed E-state index contributed by atoms with van der Waals surface area (Å²) < 4.78 is 0. The maximum absolute atomic E-state index is 12.5. The number of hydrazine groups is 2. The predicted octanol–water partition coefficient (Wildman–Crippen LogP) is 1.45. The molecule has 4 rings (SSSR count). The summed E-state index contributed by atoms with van der Waals surface area (Å²) >= 11 is 5.89. The van der Waals surface area contributed by atoms with E-state index in [-0.39, 0.29) is 30.8 Å².